The molecule has 1 N–H and O–H groups in total. The molecule has 2 aromatic rings. The SMILES string of the molecule is CCOC(=O)c1nn(C)c2c1CN(Cc1ccc(NC(C)=O)s1)CC2. The van der Waals surface area contributed by atoms with Crippen molar-refractivity contribution in [3.8, 4) is 0 Å². The van der Waals surface area contributed by atoms with Crippen molar-refractivity contribution in [3.63, 3.8) is 0 Å². The first-order valence-electron chi connectivity index (χ1n) is 8.28. The standard InChI is InChI=1S/C17H22N4O3S/c1-4-24-17(23)16-13-10-21(8-7-14(13)20(3)19-16)9-12-5-6-15(25-12)18-11(2)22/h5-6H,4,7-10H2,1-3H3,(H,18,22). The van der Waals surface area contributed by atoms with Gasteiger partial charge in [0.25, 0.3) is 0 Å². The first-order valence-corrected chi connectivity index (χ1v) is 9.10. The van der Waals surface area contributed by atoms with Crippen LogP contribution in [0.5, 0.6) is 0 Å². The molecule has 0 bridgehead atoms. The summed E-state index contributed by atoms with van der Waals surface area (Å²) in [6.45, 7) is 6.00. The smallest absolute Gasteiger partial charge is 0.359 e. The second-order valence-electron chi connectivity index (χ2n) is 6.03. The van der Waals surface area contributed by atoms with Gasteiger partial charge in [0.1, 0.15) is 0 Å². The molecule has 25 heavy (non-hydrogen) atoms. The fourth-order valence-electron chi connectivity index (χ4n) is 3.07. The summed E-state index contributed by atoms with van der Waals surface area (Å²) in [6, 6.07) is 3.95. The van der Waals surface area contributed by atoms with Crippen LogP contribution in [0, 0.1) is 0 Å². The van der Waals surface area contributed by atoms with E-state index in [0.29, 0.717) is 18.8 Å². The number of fused-ring (bicyclic) bond motifs is 1. The number of rotatable bonds is 5. The Labute approximate surface area is 150 Å². The summed E-state index contributed by atoms with van der Waals surface area (Å²) < 4.78 is 6.92. The number of carbonyl (C=O) groups is 2. The Morgan fingerprint density at radius 3 is 2.92 bits per heavy atom. The first kappa shape index (κ1) is 17.6. The lowest BCUT2D eigenvalue weighted by molar-refractivity contribution is -0.114. The normalized spacial score (nSPS) is 14.2. The van der Waals surface area contributed by atoms with Crippen LogP contribution < -0.4 is 5.32 Å². The number of hydrogen-bond acceptors (Lipinski definition) is 6. The van der Waals surface area contributed by atoms with E-state index in [1.807, 2.05) is 19.2 Å². The second kappa shape index (κ2) is 7.37. The molecule has 0 fully saturated rings. The Morgan fingerprint density at radius 2 is 2.20 bits per heavy atom. The van der Waals surface area contributed by atoms with Crippen molar-refractivity contribution >= 4 is 28.2 Å². The zero-order valence-electron chi connectivity index (χ0n) is 14.7. The lowest BCUT2D eigenvalue weighted by Gasteiger charge is -2.26. The van der Waals surface area contributed by atoms with E-state index in [0.717, 1.165) is 35.8 Å². The molecule has 3 heterocycles. The number of carbonyl (C=O) groups excluding carboxylic acids is 2. The topological polar surface area (TPSA) is 76.5 Å². The Morgan fingerprint density at radius 1 is 1.40 bits per heavy atom. The molecule has 0 saturated carbocycles. The van der Waals surface area contributed by atoms with Crippen LogP contribution in [-0.2, 0) is 36.1 Å². The van der Waals surface area contributed by atoms with Crippen LogP contribution in [0.4, 0.5) is 5.00 Å². The van der Waals surface area contributed by atoms with Gasteiger partial charge in [0.15, 0.2) is 5.69 Å². The van der Waals surface area contributed by atoms with E-state index in [1.165, 1.54) is 11.8 Å². The number of anilines is 1. The van der Waals surface area contributed by atoms with Gasteiger partial charge < -0.3 is 10.1 Å². The zero-order chi connectivity index (χ0) is 18.0. The molecule has 0 saturated heterocycles. The van der Waals surface area contributed by atoms with E-state index >= 15 is 0 Å². The van der Waals surface area contributed by atoms with E-state index in [1.54, 1.807) is 22.9 Å². The average Bonchev–Trinajstić information content (AvgIpc) is 3.11. The molecular formula is C17H22N4O3S. The maximum Gasteiger partial charge on any atom is 0.359 e. The summed E-state index contributed by atoms with van der Waals surface area (Å²) in [5, 5.41) is 8.02. The Hall–Kier alpha value is -2.19. The number of amides is 1. The molecule has 1 amide bonds. The van der Waals surface area contributed by atoms with Crippen LogP contribution in [0.2, 0.25) is 0 Å². The highest BCUT2D eigenvalue weighted by Gasteiger charge is 2.28. The van der Waals surface area contributed by atoms with Gasteiger partial charge in [-0.25, -0.2) is 4.79 Å². The third kappa shape index (κ3) is 3.91. The molecule has 0 aromatic carbocycles. The van der Waals surface area contributed by atoms with Gasteiger partial charge in [-0.1, -0.05) is 0 Å². The van der Waals surface area contributed by atoms with Crippen molar-refractivity contribution in [2.45, 2.75) is 33.4 Å². The monoisotopic (exact) mass is 362 g/mol. The molecule has 134 valence electrons. The molecule has 3 rings (SSSR count). The van der Waals surface area contributed by atoms with Crippen LogP contribution in [-0.4, -0.2) is 39.7 Å². The number of ether oxygens (including phenoxy) is 1. The Bertz CT molecular complexity index is 796. The zero-order valence-corrected chi connectivity index (χ0v) is 15.5. The molecule has 8 heteroatoms. The minimum atomic E-state index is -0.356. The largest absolute Gasteiger partial charge is 0.461 e. The van der Waals surface area contributed by atoms with E-state index < -0.39 is 0 Å². The third-order valence-corrected chi connectivity index (χ3v) is 5.12. The van der Waals surface area contributed by atoms with E-state index in [2.05, 4.69) is 15.3 Å². The molecule has 0 unspecified atom stereocenters. The van der Waals surface area contributed by atoms with Crippen molar-refractivity contribution in [2.75, 3.05) is 18.5 Å². The Balaban J connectivity index is 1.73. The van der Waals surface area contributed by atoms with Crippen LogP contribution >= 0.6 is 11.3 Å². The number of nitrogens with one attached hydrogen (secondary N) is 1. The van der Waals surface area contributed by atoms with Gasteiger partial charge in [0.05, 0.1) is 11.6 Å². The highest BCUT2D eigenvalue weighted by Crippen LogP contribution is 2.27. The number of thiophene rings is 1. The quantitative estimate of drug-likeness (QED) is 0.825. The predicted molar refractivity (Wildman–Crippen MR) is 95.6 cm³/mol. The molecule has 0 radical (unpaired) electrons. The minimum absolute atomic E-state index is 0.0644. The maximum absolute atomic E-state index is 12.1. The molecule has 1 aliphatic heterocycles. The van der Waals surface area contributed by atoms with Gasteiger partial charge in [-0.15, -0.1) is 11.3 Å². The van der Waals surface area contributed by atoms with Gasteiger partial charge in [-0.3, -0.25) is 14.4 Å². The van der Waals surface area contributed by atoms with Gasteiger partial charge in [-0.2, -0.15) is 5.10 Å². The number of esters is 1. The van der Waals surface area contributed by atoms with Crippen molar-refractivity contribution in [2.24, 2.45) is 7.05 Å². The third-order valence-electron chi connectivity index (χ3n) is 4.13. The summed E-state index contributed by atoms with van der Waals surface area (Å²) in [5.41, 5.74) is 2.49. The summed E-state index contributed by atoms with van der Waals surface area (Å²) in [6.07, 6.45) is 0.849. The number of hydrogen-bond donors (Lipinski definition) is 1. The highest BCUT2D eigenvalue weighted by atomic mass is 32.1. The van der Waals surface area contributed by atoms with Gasteiger partial charge >= 0.3 is 5.97 Å². The summed E-state index contributed by atoms with van der Waals surface area (Å²) in [5.74, 6) is -0.421. The molecule has 0 atom stereocenters. The lowest BCUT2D eigenvalue weighted by atomic mass is 10.0. The average molecular weight is 362 g/mol. The van der Waals surface area contributed by atoms with E-state index in [-0.39, 0.29) is 11.9 Å². The lowest BCUT2D eigenvalue weighted by Crippen LogP contribution is -2.31. The van der Waals surface area contributed by atoms with Crippen LogP contribution in [0.25, 0.3) is 0 Å². The van der Waals surface area contributed by atoms with Gasteiger partial charge in [-0.05, 0) is 19.1 Å². The van der Waals surface area contributed by atoms with Crippen molar-refractivity contribution in [3.05, 3.63) is 34.0 Å². The van der Waals surface area contributed by atoms with Gasteiger partial charge in [0.2, 0.25) is 5.91 Å². The van der Waals surface area contributed by atoms with Crippen molar-refractivity contribution in [1.29, 1.82) is 0 Å². The van der Waals surface area contributed by atoms with E-state index in [4.69, 9.17) is 4.74 Å². The molecule has 7 nitrogen and oxygen atoms in total. The summed E-state index contributed by atoms with van der Waals surface area (Å²) in [7, 11) is 1.87. The molecule has 1 aliphatic rings. The van der Waals surface area contributed by atoms with E-state index in [9.17, 15) is 9.59 Å². The maximum atomic E-state index is 12.1. The van der Waals surface area contributed by atoms with Gasteiger partial charge in [0, 0.05) is 56.2 Å². The number of nitrogens with zero attached hydrogens (tertiary/aromatic N) is 3. The van der Waals surface area contributed by atoms with Crippen LogP contribution in [0.1, 0.15) is 40.5 Å². The van der Waals surface area contributed by atoms with Crippen LogP contribution in [0.15, 0.2) is 12.1 Å². The summed E-state index contributed by atoms with van der Waals surface area (Å²) >= 11 is 1.57. The first-order chi connectivity index (χ1) is 12.0. The Kier molecular flexibility index (Phi) is 5.19. The molecular weight excluding hydrogens is 340 g/mol. The van der Waals surface area contributed by atoms with Crippen LogP contribution in [0.3, 0.4) is 0 Å². The minimum Gasteiger partial charge on any atom is -0.461 e. The predicted octanol–water partition coefficient (Wildman–Crippen LogP) is 2.17. The molecule has 0 aliphatic carbocycles. The fourth-order valence-corrected chi connectivity index (χ4v) is 4.07. The molecule has 0 spiro atoms. The second-order valence-corrected chi connectivity index (χ2v) is 7.19. The fraction of sp³-hybridized carbons (Fsp3) is 0.471. The number of aromatic nitrogens is 2. The van der Waals surface area contributed by atoms with Crippen molar-refractivity contribution < 1.29 is 14.3 Å². The number of aryl methyl sites for hydroxylation is 1. The summed E-state index contributed by atoms with van der Waals surface area (Å²) in [4.78, 5) is 26.7. The highest BCUT2D eigenvalue weighted by molar-refractivity contribution is 7.16. The molecule has 2 aromatic heterocycles. The van der Waals surface area contributed by atoms with Crippen molar-refractivity contribution in [1.82, 2.24) is 14.7 Å².